The topological polar surface area (TPSA) is 121 Å². The van der Waals surface area contributed by atoms with Crippen LogP contribution in [0.5, 0.6) is 0 Å². The summed E-state index contributed by atoms with van der Waals surface area (Å²) in [6.45, 7) is 1.80. The Kier molecular flexibility index (Phi) is 5.44. The molecular weight excluding hydrogens is 401 g/mol. The Labute approximate surface area is 176 Å². The van der Waals surface area contributed by atoms with E-state index in [9.17, 15) is 9.18 Å². The van der Waals surface area contributed by atoms with Gasteiger partial charge in [0.15, 0.2) is 5.65 Å². The first-order valence-corrected chi connectivity index (χ1v) is 9.52. The lowest BCUT2D eigenvalue weighted by Crippen LogP contribution is -2.26. The third-order valence-electron chi connectivity index (χ3n) is 4.85. The standard InChI is InChI=1S/C21H20FN7O2/c1-11(15-6-7-31-29-15)27-21(30)14-9-25-20-19(14)28-17(10-26-20)18(24-3)13-5-4-12(22)8-16(13)23-2/h4-11,23H,1-3H3,(H,25,26)(H,27,30)/b24-18+. The molecule has 1 amide bonds. The maximum atomic E-state index is 13.7. The van der Waals surface area contributed by atoms with Gasteiger partial charge >= 0.3 is 0 Å². The lowest BCUT2D eigenvalue weighted by atomic mass is 10.0. The summed E-state index contributed by atoms with van der Waals surface area (Å²) in [5.41, 5.74) is 4.01. The number of hydrogen-bond acceptors (Lipinski definition) is 7. The molecule has 0 fully saturated rings. The molecule has 0 aliphatic carbocycles. The lowest BCUT2D eigenvalue weighted by molar-refractivity contribution is 0.0940. The number of aromatic amines is 1. The maximum absolute atomic E-state index is 13.7. The van der Waals surface area contributed by atoms with Gasteiger partial charge in [0, 0.05) is 37.6 Å². The Balaban J connectivity index is 1.70. The van der Waals surface area contributed by atoms with E-state index in [4.69, 9.17) is 4.52 Å². The molecule has 0 saturated heterocycles. The summed E-state index contributed by atoms with van der Waals surface area (Å²) < 4.78 is 18.5. The van der Waals surface area contributed by atoms with Gasteiger partial charge < -0.3 is 20.1 Å². The smallest absolute Gasteiger partial charge is 0.255 e. The van der Waals surface area contributed by atoms with Crippen LogP contribution in [0, 0.1) is 5.82 Å². The van der Waals surface area contributed by atoms with Crippen LogP contribution >= 0.6 is 0 Å². The fourth-order valence-corrected chi connectivity index (χ4v) is 3.27. The molecule has 0 spiro atoms. The number of nitrogens with zero attached hydrogens (tertiary/aromatic N) is 4. The van der Waals surface area contributed by atoms with Crippen molar-refractivity contribution in [3.63, 3.8) is 0 Å². The first-order valence-electron chi connectivity index (χ1n) is 9.52. The summed E-state index contributed by atoms with van der Waals surface area (Å²) in [4.78, 5) is 29.2. The summed E-state index contributed by atoms with van der Waals surface area (Å²) >= 11 is 0. The predicted octanol–water partition coefficient (Wildman–Crippen LogP) is 3.08. The zero-order valence-electron chi connectivity index (χ0n) is 17.1. The number of aromatic nitrogens is 4. The second-order valence-electron chi connectivity index (χ2n) is 6.79. The van der Waals surface area contributed by atoms with Crippen molar-refractivity contribution in [2.24, 2.45) is 4.99 Å². The molecule has 1 aromatic carbocycles. The zero-order valence-corrected chi connectivity index (χ0v) is 17.1. The number of benzene rings is 1. The van der Waals surface area contributed by atoms with Gasteiger partial charge in [-0.05, 0) is 25.1 Å². The summed E-state index contributed by atoms with van der Waals surface area (Å²) in [5.74, 6) is -0.697. The number of hydrogen-bond donors (Lipinski definition) is 3. The van der Waals surface area contributed by atoms with E-state index in [1.165, 1.54) is 18.4 Å². The van der Waals surface area contributed by atoms with Gasteiger partial charge in [0.2, 0.25) is 0 Å². The molecule has 0 saturated carbocycles. The molecule has 4 aromatic rings. The highest BCUT2D eigenvalue weighted by Crippen LogP contribution is 2.22. The van der Waals surface area contributed by atoms with Crippen LogP contribution in [0.15, 0.2) is 52.4 Å². The van der Waals surface area contributed by atoms with E-state index in [1.807, 2.05) is 0 Å². The molecule has 31 heavy (non-hydrogen) atoms. The van der Waals surface area contributed by atoms with Crippen molar-refractivity contribution in [2.75, 3.05) is 19.4 Å². The molecule has 0 aliphatic rings. The summed E-state index contributed by atoms with van der Waals surface area (Å²) in [5, 5.41) is 9.67. The highest BCUT2D eigenvalue weighted by atomic mass is 19.1. The quantitative estimate of drug-likeness (QED) is 0.412. The summed E-state index contributed by atoms with van der Waals surface area (Å²) in [6, 6.07) is 5.70. The van der Waals surface area contributed by atoms with Crippen LogP contribution in [0.4, 0.5) is 10.1 Å². The fourth-order valence-electron chi connectivity index (χ4n) is 3.27. The molecule has 3 N–H and O–H groups in total. The summed E-state index contributed by atoms with van der Waals surface area (Å²) in [7, 11) is 3.32. The van der Waals surface area contributed by atoms with Crippen molar-refractivity contribution in [1.82, 2.24) is 25.4 Å². The number of halogens is 1. The number of amides is 1. The van der Waals surface area contributed by atoms with Gasteiger partial charge in [-0.1, -0.05) is 5.16 Å². The van der Waals surface area contributed by atoms with Crippen LogP contribution in [0.2, 0.25) is 0 Å². The molecular formula is C21H20FN7O2. The third-order valence-corrected chi connectivity index (χ3v) is 4.85. The molecule has 9 nitrogen and oxygen atoms in total. The molecule has 3 aromatic heterocycles. The zero-order chi connectivity index (χ0) is 22.0. The SMILES string of the molecule is C/N=C(/c1cnc2[nH]cc(C(=O)NC(C)c3ccon3)c2n1)c1ccc(F)cc1NC. The van der Waals surface area contributed by atoms with Crippen LogP contribution in [0.25, 0.3) is 11.2 Å². The third kappa shape index (κ3) is 3.87. The number of anilines is 1. The minimum absolute atomic E-state index is 0.333. The monoisotopic (exact) mass is 421 g/mol. The van der Waals surface area contributed by atoms with Gasteiger partial charge in [0.1, 0.15) is 29.0 Å². The highest BCUT2D eigenvalue weighted by Gasteiger charge is 2.20. The van der Waals surface area contributed by atoms with Gasteiger partial charge in [0.05, 0.1) is 23.5 Å². The number of fused-ring (bicyclic) bond motifs is 1. The van der Waals surface area contributed by atoms with E-state index in [2.05, 4.69) is 35.7 Å². The normalized spacial score (nSPS) is 12.7. The maximum Gasteiger partial charge on any atom is 0.255 e. The van der Waals surface area contributed by atoms with E-state index >= 15 is 0 Å². The minimum atomic E-state index is -0.365. The minimum Gasteiger partial charge on any atom is -0.387 e. The van der Waals surface area contributed by atoms with Crippen molar-refractivity contribution in [3.05, 3.63) is 71.3 Å². The Morgan fingerprint density at radius 3 is 2.84 bits per heavy atom. The average molecular weight is 421 g/mol. The lowest BCUT2D eigenvalue weighted by Gasteiger charge is -2.12. The number of nitrogens with one attached hydrogen (secondary N) is 3. The Morgan fingerprint density at radius 1 is 1.29 bits per heavy atom. The fraction of sp³-hybridized carbons (Fsp3) is 0.190. The van der Waals surface area contributed by atoms with Crippen molar-refractivity contribution in [3.8, 4) is 0 Å². The van der Waals surface area contributed by atoms with Crippen molar-refractivity contribution in [2.45, 2.75) is 13.0 Å². The van der Waals surface area contributed by atoms with E-state index < -0.39 is 0 Å². The second kappa shape index (κ2) is 8.34. The van der Waals surface area contributed by atoms with Gasteiger partial charge in [-0.15, -0.1) is 0 Å². The van der Waals surface area contributed by atoms with Crippen LogP contribution in [0.1, 0.15) is 40.3 Å². The molecule has 0 aliphatic heterocycles. The van der Waals surface area contributed by atoms with Gasteiger partial charge in [-0.25, -0.2) is 14.4 Å². The molecule has 1 unspecified atom stereocenters. The number of rotatable bonds is 6. The first kappa shape index (κ1) is 20.2. The van der Waals surface area contributed by atoms with E-state index in [1.54, 1.807) is 45.5 Å². The van der Waals surface area contributed by atoms with Crippen molar-refractivity contribution < 1.29 is 13.7 Å². The molecule has 10 heteroatoms. The second-order valence-corrected chi connectivity index (χ2v) is 6.79. The average Bonchev–Trinajstić information content (AvgIpc) is 3.45. The highest BCUT2D eigenvalue weighted by molar-refractivity contribution is 6.15. The Bertz CT molecular complexity index is 1260. The van der Waals surface area contributed by atoms with Gasteiger partial charge in [-0.3, -0.25) is 9.79 Å². The summed E-state index contributed by atoms with van der Waals surface area (Å²) in [6.07, 6.45) is 4.56. The van der Waals surface area contributed by atoms with Crippen LogP contribution < -0.4 is 10.6 Å². The number of aliphatic imine (C=N–C) groups is 1. The predicted molar refractivity (Wildman–Crippen MR) is 114 cm³/mol. The number of H-pyrrole nitrogens is 1. The molecule has 0 radical (unpaired) electrons. The Hall–Kier alpha value is -4.08. The Morgan fingerprint density at radius 2 is 2.13 bits per heavy atom. The molecule has 0 bridgehead atoms. The number of carbonyl (C=O) groups excluding carboxylic acids is 1. The molecule has 3 heterocycles. The van der Waals surface area contributed by atoms with Crippen LogP contribution in [0.3, 0.4) is 0 Å². The van der Waals surface area contributed by atoms with E-state index in [0.717, 1.165) is 0 Å². The van der Waals surface area contributed by atoms with E-state index in [-0.39, 0.29) is 17.8 Å². The first-order chi connectivity index (χ1) is 15.0. The van der Waals surface area contributed by atoms with Gasteiger partial charge in [-0.2, -0.15) is 0 Å². The molecule has 4 rings (SSSR count). The van der Waals surface area contributed by atoms with Crippen LogP contribution in [-0.4, -0.2) is 45.8 Å². The largest absolute Gasteiger partial charge is 0.387 e. The van der Waals surface area contributed by atoms with E-state index in [0.29, 0.717) is 45.1 Å². The van der Waals surface area contributed by atoms with Crippen LogP contribution in [-0.2, 0) is 0 Å². The van der Waals surface area contributed by atoms with Crippen molar-refractivity contribution in [1.29, 1.82) is 0 Å². The molecule has 1 atom stereocenters. The van der Waals surface area contributed by atoms with Crippen molar-refractivity contribution >= 4 is 28.5 Å². The number of carbonyl (C=O) groups is 1. The molecule has 158 valence electrons. The van der Waals surface area contributed by atoms with Gasteiger partial charge in [0.25, 0.3) is 5.91 Å².